The number of carbonyl (C=O) groups excluding carboxylic acids is 1. The molecule has 1 aromatic heterocycles. The largest absolute Gasteiger partial charge is 0.464 e. The molecule has 1 saturated carbocycles. The van der Waals surface area contributed by atoms with Crippen LogP contribution in [0.5, 0.6) is 0 Å². The number of hydrogen-bond acceptors (Lipinski definition) is 6. The molecule has 0 bridgehead atoms. The SMILES string of the molecule is CCOC(=O)COC1(c2nc(Br)cs2)CCNC2(CCC2)C1. The number of thiazole rings is 1. The molecular formula is C15H21BrN2O3S. The lowest BCUT2D eigenvalue weighted by Gasteiger charge is -2.52. The van der Waals surface area contributed by atoms with Crippen molar-refractivity contribution in [3.63, 3.8) is 0 Å². The van der Waals surface area contributed by atoms with Gasteiger partial charge in [-0.1, -0.05) is 0 Å². The number of piperidine rings is 1. The number of nitrogens with one attached hydrogen (secondary N) is 1. The molecule has 122 valence electrons. The van der Waals surface area contributed by atoms with Crippen LogP contribution in [0.4, 0.5) is 0 Å². The summed E-state index contributed by atoms with van der Waals surface area (Å²) in [6, 6.07) is 0. The summed E-state index contributed by atoms with van der Waals surface area (Å²) in [6.45, 7) is 3.06. The first kappa shape index (κ1) is 16.4. The molecule has 0 radical (unpaired) electrons. The number of esters is 1. The minimum absolute atomic E-state index is 0.0128. The van der Waals surface area contributed by atoms with E-state index in [0.29, 0.717) is 6.61 Å². The lowest BCUT2D eigenvalue weighted by atomic mass is 9.67. The van der Waals surface area contributed by atoms with Gasteiger partial charge in [0.2, 0.25) is 0 Å². The highest BCUT2D eigenvalue weighted by molar-refractivity contribution is 9.10. The Labute approximate surface area is 142 Å². The standard InChI is InChI=1S/C15H21BrN2O3S/c1-2-20-12(19)8-21-15(13-18-11(16)9-22-13)6-7-17-14(10-15)4-3-5-14/h9,17H,2-8,10H2,1H3. The van der Waals surface area contributed by atoms with Crippen LogP contribution in [-0.4, -0.2) is 36.3 Å². The maximum absolute atomic E-state index is 11.7. The van der Waals surface area contributed by atoms with Crippen LogP contribution < -0.4 is 5.32 Å². The second-order valence-corrected chi connectivity index (χ2v) is 7.72. The predicted octanol–water partition coefficient (Wildman–Crippen LogP) is 2.99. The van der Waals surface area contributed by atoms with Gasteiger partial charge in [-0.3, -0.25) is 0 Å². The Hall–Kier alpha value is -0.500. The van der Waals surface area contributed by atoms with Crippen molar-refractivity contribution in [3.05, 3.63) is 15.0 Å². The molecule has 3 rings (SSSR count). The summed E-state index contributed by atoms with van der Waals surface area (Å²) in [5.74, 6) is -0.307. The van der Waals surface area contributed by atoms with E-state index in [1.807, 2.05) is 5.38 Å². The Morgan fingerprint density at radius 3 is 2.91 bits per heavy atom. The van der Waals surface area contributed by atoms with Crippen LogP contribution in [0.15, 0.2) is 9.98 Å². The van der Waals surface area contributed by atoms with Crippen LogP contribution in [-0.2, 0) is 19.9 Å². The summed E-state index contributed by atoms with van der Waals surface area (Å²) in [4.78, 5) is 16.3. The molecule has 1 spiro atoms. The molecule has 1 aliphatic carbocycles. The third-order valence-corrected chi connectivity index (χ3v) is 6.34. The Bertz CT molecular complexity index is 547. The molecular weight excluding hydrogens is 368 g/mol. The molecule has 2 heterocycles. The number of halogens is 1. The van der Waals surface area contributed by atoms with Gasteiger partial charge in [-0.05, 0) is 55.1 Å². The summed E-state index contributed by atoms with van der Waals surface area (Å²) < 4.78 is 12.0. The molecule has 1 aromatic rings. The monoisotopic (exact) mass is 388 g/mol. The van der Waals surface area contributed by atoms with Gasteiger partial charge in [0, 0.05) is 17.3 Å². The molecule has 1 aliphatic heterocycles. The van der Waals surface area contributed by atoms with Crippen LogP contribution in [0, 0.1) is 0 Å². The van der Waals surface area contributed by atoms with Gasteiger partial charge in [0.15, 0.2) is 0 Å². The topological polar surface area (TPSA) is 60.5 Å². The van der Waals surface area contributed by atoms with E-state index in [0.717, 1.165) is 29.0 Å². The van der Waals surface area contributed by atoms with Crippen molar-refractivity contribution in [1.82, 2.24) is 10.3 Å². The fraction of sp³-hybridized carbons (Fsp3) is 0.733. The first-order valence-electron chi connectivity index (χ1n) is 7.74. The van der Waals surface area contributed by atoms with E-state index in [2.05, 4.69) is 26.2 Å². The Balaban J connectivity index is 1.80. The molecule has 1 N–H and O–H groups in total. The summed E-state index contributed by atoms with van der Waals surface area (Å²) in [6.07, 6.45) is 5.30. The van der Waals surface area contributed by atoms with Gasteiger partial charge >= 0.3 is 5.97 Å². The van der Waals surface area contributed by atoms with Gasteiger partial charge < -0.3 is 14.8 Å². The Kier molecular flexibility index (Phi) is 4.87. The highest BCUT2D eigenvalue weighted by atomic mass is 79.9. The van der Waals surface area contributed by atoms with E-state index >= 15 is 0 Å². The summed E-state index contributed by atoms with van der Waals surface area (Å²) in [5, 5.41) is 6.57. The smallest absolute Gasteiger partial charge is 0.332 e. The van der Waals surface area contributed by atoms with Crippen molar-refractivity contribution in [2.24, 2.45) is 0 Å². The second-order valence-electron chi connectivity index (χ2n) is 6.05. The minimum atomic E-state index is -0.477. The minimum Gasteiger partial charge on any atom is -0.464 e. The van der Waals surface area contributed by atoms with E-state index in [1.54, 1.807) is 18.3 Å². The quantitative estimate of drug-likeness (QED) is 0.785. The summed E-state index contributed by atoms with van der Waals surface area (Å²) >= 11 is 5.02. The lowest BCUT2D eigenvalue weighted by molar-refractivity contribution is -0.163. The highest BCUT2D eigenvalue weighted by Crippen LogP contribution is 2.48. The highest BCUT2D eigenvalue weighted by Gasteiger charge is 2.51. The molecule has 2 fully saturated rings. The van der Waals surface area contributed by atoms with Crippen LogP contribution in [0.25, 0.3) is 0 Å². The summed E-state index contributed by atoms with van der Waals surface area (Å²) in [7, 11) is 0. The van der Waals surface area contributed by atoms with E-state index in [-0.39, 0.29) is 18.1 Å². The third-order valence-electron chi connectivity index (χ3n) is 4.60. The fourth-order valence-electron chi connectivity index (χ4n) is 3.41. The fourth-order valence-corrected chi connectivity index (χ4v) is 4.85. The van der Waals surface area contributed by atoms with E-state index in [1.165, 1.54) is 19.3 Å². The van der Waals surface area contributed by atoms with Crippen molar-refractivity contribution in [2.75, 3.05) is 19.8 Å². The van der Waals surface area contributed by atoms with Crippen molar-refractivity contribution >= 4 is 33.2 Å². The van der Waals surface area contributed by atoms with Crippen molar-refractivity contribution in [1.29, 1.82) is 0 Å². The van der Waals surface area contributed by atoms with Crippen molar-refractivity contribution < 1.29 is 14.3 Å². The molecule has 1 unspecified atom stereocenters. The number of rotatable bonds is 5. The Morgan fingerprint density at radius 1 is 1.50 bits per heavy atom. The van der Waals surface area contributed by atoms with Gasteiger partial charge in [-0.2, -0.15) is 0 Å². The maximum atomic E-state index is 11.7. The average molecular weight is 389 g/mol. The number of nitrogens with zero attached hydrogens (tertiary/aromatic N) is 1. The predicted molar refractivity (Wildman–Crippen MR) is 87.9 cm³/mol. The zero-order valence-corrected chi connectivity index (χ0v) is 15.1. The summed E-state index contributed by atoms with van der Waals surface area (Å²) in [5.41, 5.74) is -0.319. The van der Waals surface area contributed by atoms with Gasteiger partial charge in [0.25, 0.3) is 0 Å². The lowest BCUT2D eigenvalue weighted by Crippen LogP contribution is -2.60. The number of hydrogen-bond donors (Lipinski definition) is 1. The molecule has 0 aromatic carbocycles. The van der Waals surface area contributed by atoms with Gasteiger partial charge in [-0.15, -0.1) is 11.3 Å². The van der Waals surface area contributed by atoms with Crippen LogP contribution in [0.1, 0.15) is 44.0 Å². The van der Waals surface area contributed by atoms with Crippen LogP contribution >= 0.6 is 27.3 Å². The maximum Gasteiger partial charge on any atom is 0.332 e. The molecule has 5 nitrogen and oxygen atoms in total. The second kappa shape index (κ2) is 6.55. The third kappa shape index (κ3) is 3.22. The number of ether oxygens (including phenoxy) is 2. The molecule has 0 amide bonds. The molecule has 2 aliphatic rings. The molecule has 22 heavy (non-hydrogen) atoms. The molecule has 1 saturated heterocycles. The van der Waals surface area contributed by atoms with Crippen molar-refractivity contribution in [3.8, 4) is 0 Å². The van der Waals surface area contributed by atoms with Crippen molar-refractivity contribution in [2.45, 2.75) is 50.2 Å². The van der Waals surface area contributed by atoms with E-state index in [4.69, 9.17) is 9.47 Å². The molecule has 7 heteroatoms. The van der Waals surface area contributed by atoms with Crippen LogP contribution in [0.3, 0.4) is 0 Å². The zero-order valence-electron chi connectivity index (χ0n) is 12.7. The molecule has 1 atom stereocenters. The van der Waals surface area contributed by atoms with Gasteiger partial charge in [0.1, 0.15) is 21.8 Å². The van der Waals surface area contributed by atoms with E-state index < -0.39 is 5.60 Å². The zero-order chi connectivity index (χ0) is 15.6. The Morgan fingerprint density at radius 2 is 2.32 bits per heavy atom. The van der Waals surface area contributed by atoms with E-state index in [9.17, 15) is 4.79 Å². The van der Waals surface area contributed by atoms with Gasteiger partial charge in [0.05, 0.1) is 6.61 Å². The first-order chi connectivity index (χ1) is 10.6. The normalized spacial score (nSPS) is 26.6. The first-order valence-corrected chi connectivity index (χ1v) is 9.41. The average Bonchev–Trinajstić information content (AvgIpc) is 2.91. The van der Waals surface area contributed by atoms with Gasteiger partial charge in [-0.25, -0.2) is 9.78 Å². The number of carbonyl (C=O) groups is 1. The number of aromatic nitrogens is 1. The van der Waals surface area contributed by atoms with Crippen LogP contribution in [0.2, 0.25) is 0 Å².